The third kappa shape index (κ3) is 7.02. The Kier molecular flexibility index (Phi) is 6.45. The van der Waals surface area contributed by atoms with Gasteiger partial charge in [0.25, 0.3) is 0 Å². The van der Waals surface area contributed by atoms with Crippen LogP contribution in [0.2, 0.25) is 0 Å². The number of hydrogen-bond acceptors (Lipinski definition) is 3. The first-order valence-electron chi connectivity index (χ1n) is 6.96. The SMILES string of the molecule is COCCN(CCC(C)(C)C)CC1CCCN1. The quantitative estimate of drug-likeness (QED) is 0.740. The van der Waals surface area contributed by atoms with Gasteiger partial charge in [-0.05, 0) is 37.8 Å². The van der Waals surface area contributed by atoms with Crippen LogP contribution >= 0.6 is 0 Å². The zero-order valence-electron chi connectivity index (χ0n) is 12.1. The van der Waals surface area contributed by atoms with Gasteiger partial charge in [0.05, 0.1) is 6.61 Å². The minimum Gasteiger partial charge on any atom is -0.383 e. The molecular formula is C14H30N2O. The topological polar surface area (TPSA) is 24.5 Å². The van der Waals surface area contributed by atoms with Gasteiger partial charge in [-0.2, -0.15) is 0 Å². The van der Waals surface area contributed by atoms with E-state index in [4.69, 9.17) is 4.74 Å². The van der Waals surface area contributed by atoms with E-state index < -0.39 is 0 Å². The first-order valence-corrected chi connectivity index (χ1v) is 6.96. The maximum atomic E-state index is 5.21. The zero-order valence-corrected chi connectivity index (χ0v) is 12.1. The minimum absolute atomic E-state index is 0.425. The molecule has 0 amide bonds. The molecule has 1 unspecified atom stereocenters. The summed E-state index contributed by atoms with van der Waals surface area (Å²) in [5.41, 5.74) is 0.425. The van der Waals surface area contributed by atoms with Gasteiger partial charge in [-0.1, -0.05) is 20.8 Å². The molecule has 1 atom stereocenters. The van der Waals surface area contributed by atoms with E-state index in [0.717, 1.165) is 13.2 Å². The van der Waals surface area contributed by atoms with E-state index >= 15 is 0 Å². The third-order valence-corrected chi connectivity index (χ3v) is 3.43. The van der Waals surface area contributed by atoms with Gasteiger partial charge in [-0.15, -0.1) is 0 Å². The molecule has 1 aliphatic rings. The molecule has 0 radical (unpaired) electrons. The Morgan fingerprint density at radius 3 is 2.59 bits per heavy atom. The Hall–Kier alpha value is -0.120. The van der Waals surface area contributed by atoms with Gasteiger partial charge in [0.2, 0.25) is 0 Å². The number of nitrogens with one attached hydrogen (secondary N) is 1. The lowest BCUT2D eigenvalue weighted by Crippen LogP contribution is -2.40. The summed E-state index contributed by atoms with van der Waals surface area (Å²) >= 11 is 0. The molecule has 17 heavy (non-hydrogen) atoms. The fourth-order valence-electron chi connectivity index (χ4n) is 2.23. The third-order valence-electron chi connectivity index (χ3n) is 3.43. The maximum absolute atomic E-state index is 5.21. The Morgan fingerprint density at radius 2 is 2.06 bits per heavy atom. The molecule has 0 spiro atoms. The van der Waals surface area contributed by atoms with Gasteiger partial charge in [0.1, 0.15) is 0 Å². The van der Waals surface area contributed by atoms with Crippen molar-refractivity contribution in [3.8, 4) is 0 Å². The van der Waals surface area contributed by atoms with Crippen molar-refractivity contribution in [2.24, 2.45) is 5.41 Å². The van der Waals surface area contributed by atoms with E-state index in [1.807, 2.05) is 0 Å². The Morgan fingerprint density at radius 1 is 1.29 bits per heavy atom. The molecule has 1 heterocycles. The van der Waals surface area contributed by atoms with E-state index in [1.165, 1.54) is 38.9 Å². The van der Waals surface area contributed by atoms with Gasteiger partial charge < -0.3 is 10.1 Å². The van der Waals surface area contributed by atoms with Crippen LogP contribution in [0.3, 0.4) is 0 Å². The van der Waals surface area contributed by atoms with Crippen molar-refractivity contribution < 1.29 is 4.74 Å². The van der Waals surface area contributed by atoms with Crippen molar-refractivity contribution in [2.75, 3.05) is 39.9 Å². The molecule has 3 heteroatoms. The van der Waals surface area contributed by atoms with Crippen LogP contribution in [0.15, 0.2) is 0 Å². The van der Waals surface area contributed by atoms with Crippen molar-refractivity contribution in [1.29, 1.82) is 0 Å². The van der Waals surface area contributed by atoms with Crippen LogP contribution in [0.1, 0.15) is 40.0 Å². The zero-order chi connectivity index (χ0) is 12.7. The molecule has 1 fully saturated rings. The predicted octanol–water partition coefficient (Wildman–Crippen LogP) is 2.12. The summed E-state index contributed by atoms with van der Waals surface area (Å²) < 4.78 is 5.21. The second-order valence-electron chi connectivity index (χ2n) is 6.40. The highest BCUT2D eigenvalue weighted by atomic mass is 16.5. The summed E-state index contributed by atoms with van der Waals surface area (Å²) in [5.74, 6) is 0. The molecule has 3 nitrogen and oxygen atoms in total. The van der Waals surface area contributed by atoms with Crippen LogP contribution in [0, 0.1) is 5.41 Å². The second-order valence-corrected chi connectivity index (χ2v) is 6.40. The summed E-state index contributed by atoms with van der Waals surface area (Å²) in [7, 11) is 1.79. The summed E-state index contributed by atoms with van der Waals surface area (Å²) in [5, 5.41) is 3.58. The Bertz CT molecular complexity index is 195. The van der Waals surface area contributed by atoms with E-state index in [9.17, 15) is 0 Å². The van der Waals surface area contributed by atoms with Crippen molar-refractivity contribution in [3.63, 3.8) is 0 Å². The molecule has 0 aromatic rings. The molecule has 1 aliphatic heterocycles. The summed E-state index contributed by atoms with van der Waals surface area (Å²) in [6, 6.07) is 0.701. The summed E-state index contributed by atoms with van der Waals surface area (Å²) in [4.78, 5) is 2.55. The van der Waals surface area contributed by atoms with E-state index in [1.54, 1.807) is 7.11 Å². The minimum atomic E-state index is 0.425. The molecule has 0 aliphatic carbocycles. The fraction of sp³-hybridized carbons (Fsp3) is 1.00. The predicted molar refractivity (Wildman–Crippen MR) is 73.4 cm³/mol. The fourth-order valence-corrected chi connectivity index (χ4v) is 2.23. The van der Waals surface area contributed by atoms with Crippen LogP contribution in [-0.2, 0) is 4.74 Å². The van der Waals surface area contributed by atoms with Gasteiger partial charge >= 0.3 is 0 Å². The van der Waals surface area contributed by atoms with Crippen LogP contribution in [-0.4, -0.2) is 50.8 Å². The van der Waals surface area contributed by atoms with E-state index in [2.05, 4.69) is 31.0 Å². The normalized spacial score (nSPS) is 21.4. The molecule has 0 saturated carbocycles. The molecule has 0 aromatic carbocycles. The molecule has 1 N–H and O–H groups in total. The van der Waals surface area contributed by atoms with Crippen molar-refractivity contribution in [3.05, 3.63) is 0 Å². The summed E-state index contributed by atoms with van der Waals surface area (Å²) in [6.45, 7) is 12.4. The van der Waals surface area contributed by atoms with E-state index in [-0.39, 0.29) is 0 Å². The van der Waals surface area contributed by atoms with Crippen LogP contribution in [0.5, 0.6) is 0 Å². The van der Waals surface area contributed by atoms with Crippen molar-refractivity contribution in [1.82, 2.24) is 10.2 Å². The number of nitrogens with zero attached hydrogens (tertiary/aromatic N) is 1. The Labute approximate surface area is 107 Å². The number of ether oxygens (including phenoxy) is 1. The number of hydrogen-bond donors (Lipinski definition) is 1. The second kappa shape index (κ2) is 7.34. The smallest absolute Gasteiger partial charge is 0.0589 e. The van der Waals surface area contributed by atoms with Crippen LogP contribution < -0.4 is 5.32 Å². The highest BCUT2D eigenvalue weighted by molar-refractivity contribution is 4.78. The number of rotatable bonds is 7. The average Bonchev–Trinajstić information content (AvgIpc) is 2.73. The average molecular weight is 242 g/mol. The molecule has 1 saturated heterocycles. The van der Waals surface area contributed by atoms with Crippen LogP contribution in [0.4, 0.5) is 0 Å². The lowest BCUT2D eigenvalue weighted by molar-refractivity contribution is 0.133. The standard InChI is InChI=1S/C14H30N2O/c1-14(2,3)7-9-16(10-11-17-4)12-13-6-5-8-15-13/h13,15H,5-12H2,1-4H3. The largest absolute Gasteiger partial charge is 0.383 e. The molecule has 0 bridgehead atoms. The summed E-state index contributed by atoms with van der Waals surface area (Å²) in [6.07, 6.45) is 3.92. The molecule has 102 valence electrons. The molecule has 0 aromatic heterocycles. The highest BCUT2D eigenvalue weighted by Crippen LogP contribution is 2.19. The number of methoxy groups -OCH3 is 1. The van der Waals surface area contributed by atoms with Gasteiger partial charge in [0.15, 0.2) is 0 Å². The van der Waals surface area contributed by atoms with Crippen molar-refractivity contribution in [2.45, 2.75) is 46.1 Å². The van der Waals surface area contributed by atoms with Gasteiger partial charge in [0, 0.05) is 26.2 Å². The first kappa shape index (κ1) is 14.9. The maximum Gasteiger partial charge on any atom is 0.0589 e. The molecule has 1 rings (SSSR count). The lowest BCUT2D eigenvalue weighted by Gasteiger charge is -2.28. The Balaban J connectivity index is 2.30. The van der Waals surface area contributed by atoms with Crippen molar-refractivity contribution >= 4 is 0 Å². The first-order chi connectivity index (χ1) is 8.01. The van der Waals surface area contributed by atoms with E-state index in [0.29, 0.717) is 11.5 Å². The lowest BCUT2D eigenvalue weighted by atomic mass is 9.92. The van der Waals surface area contributed by atoms with Gasteiger partial charge in [-0.25, -0.2) is 0 Å². The monoisotopic (exact) mass is 242 g/mol. The van der Waals surface area contributed by atoms with Crippen LogP contribution in [0.25, 0.3) is 0 Å². The molecular weight excluding hydrogens is 212 g/mol. The highest BCUT2D eigenvalue weighted by Gasteiger charge is 2.19. The van der Waals surface area contributed by atoms with Gasteiger partial charge in [-0.3, -0.25) is 4.90 Å².